The number of ether oxygens (including phenoxy) is 1. The number of amides is 1. The first-order chi connectivity index (χ1) is 10.7. The van der Waals surface area contributed by atoms with E-state index < -0.39 is 0 Å². The zero-order chi connectivity index (χ0) is 15.4. The number of imidazole rings is 1. The zero-order valence-corrected chi connectivity index (χ0v) is 11.8. The van der Waals surface area contributed by atoms with Gasteiger partial charge in [-0.05, 0) is 30.3 Å². The van der Waals surface area contributed by atoms with Gasteiger partial charge in [-0.3, -0.25) is 9.36 Å². The molecule has 22 heavy (non-hydrogen) atoms. The molecule has 0 aliphatic carbocycles. The van der Waals surface area contributed by atoms with Crippen LogP contribution in [0.15, 0.2) is 55.1 Å². The molecule has 0 radical (unpaired) electrons. The lowest BCUT2D eigenvalue weighted by Gasteiger charge is -2.06. The smallest absolute Gasteiger partial charge is 0.238 e. The van der Waals surface area contributed by atoms with Gasteiger partial charge < -0.3 is 10.1 Å². The fourth-order valence-corrected chi connectivity index (χ4v) is 1.83. The van der Waals surface area contributed by atoms with Crippen molar-refractivity contribution in [2.24, 2.45) is 0 Å². The number of carbonyl (C=O) groups excluding carboxylic acids is 1. The van der Waals surface area contributed by atoms with Crippen molar-refractivity contribution in [3.63, 3.8) is 0 Å². The third-order valence-electron chi connectivity index (χ3n) is 2.79. The Hall–Kier alpha value is -3.22. The Morgan fingerprint density at radius 2 is 1.95 bits per heavy atom. The molecule has 0 saturated heterocycles. The molecule has 3 aromatic rings. The maximum Gasteiger partial charge on any atom is 0.238 e. The molecule has 7 nitrogen and oxygen atoms in total. The molecule has 0 aliphatic heterocycles. The Labute approximate surface area is 126 Å². The molecule has 0 aliphatic rings. The van der Waals surface area contributed by atoms with Gasteiger partial charge in [-0.1, -0.05) is 0 Å². The summed E-state index contributed by atoms with van der Waals surface area (Å²) in [5.41, 5.74) is 0.710. The maximum absolute atomic E-state index is 11.0. The number of benzene rings is 1. The molecule has 2 heterocycles. The molecule has 0 spiro atoms. The normalized spacial score (nSPS) is 10.2. The minimum atomic E-state index is -0.116. The second kappa shape index (κ2) is 6.04. The first kappa shape index (κ1) is 13.7. The molecule has 7 heteroatoms. The standard InChI is InChI=1S/C15H13N5O2/c1-11(21)17-12-2-4-13(5-3-12)22-15-7-6-14(18-19-15)20-9-8-16-10-20/h2-10H,1H3,(H,17,21). The summed E-state index contributed by atoms with van der Waals surface area (Å²) >= 11 is 0. The average Bonchev–Trinajstić information content (AvgIpc) is 3.04. The van der Waals surface area contributed by atoms with Gasteiger partial charge in [0.2, 0.25) is 11.8 Å². The molecule has 0 bridgehead atoms. The van der Waals surface area contributed by atoms with E-state index in [4.69, 9.17) is 4.74 Å². The van der Waals surface area contributed by atoms with E-state index in [2.05, 4.69) is 20.5 Å². The summed E-state index contributed by atoms with van der Waals surface area (Å²) in [6, 6.07) is 10.5. The Balaban J connectivity index is 1.69. The highest BCUT2D eigenvalue weighted by molar-refractivity contribution is 5.88. The minimum Gasteiger partial charge on any atom is -0.438 e. The first-order valence-corrected chi connectivity index (χ1v) is 6.58. The summed E-state index contributed by atoms with van der Waals surface area (Å²) in [6.07, 6.45) is 5.10. The fourth-order valence-electron chi connectivity index (χ4n) is 1.83. The predicted octanol–water partition coefficient (Wildman–Crippen LogP) is 2.41. The average molecular weight is 295 g/mol. The van der Waals surface area contributed by atoms with Crippen molar-refractivity contribution in [3.05, 3.63) is 55.1 Å². The lowest BCUT2D eigenvalue weighted by molar-refractivity contribution is -0.114. The third kappa shape index (κ3) is 3.26. The SMILES string of the molecule is CC(=O)Nc1ccc(Oc2ccc(-n3ccnc3)nn2)cc1. The number of anilines is 1. The summed E-state index contributed by atoms with van der Waals surface area (Å²) in [4.78, 5) is 14.9. The Morgan fingerprint density at radius 3 is 2.55 bits per heavy atom. The molecule has 1 amide bonds. The number of nitrogens with one attached hydrogen (secondary N) is 1. The molecule has 1 N–H and O–H groups in total. The largest absolute Gasteiger partial charge is 0.438 e. The second-order valence-electron chi connectivity index (χ2n) is 4.51. The summed E-state index contributed by atoms with van der Waals surface area (Å²) in [7, 11) is 0. The lowest BCUT2D eigenvalue weighted by Crippen LogP contribution is -2.05. The number of nitrogens with zero attached hydrogens (tertiary/aromatic N) is 4. The van der Waals surface area contributed by atoms with Gasteiger partial charge in [0.15, 0.2) is 5.82 Å². The maximum atomic E-state index is 11.0. The van der Waals surface area contributed by atoms with Crippen molar-refractivity contribution in [3.8, 4) is 17.4 Å². The molecule has 0 saturated carbocycles. The summed E-state index contributed by atoms with van der Waals surface area (Å²) in [5, 5.41) is 10.8. The summed E-state index contributed by atoms with van der Waals surface area (Å²) in [6.45, 7) is 1.46. The van der Waals surface area contributed by atoms with Crippen molar-refractivity contribution < 1.29 is 9.53 Å². The van der Waals surface area contributed by atoms with Crippen LogP contribution in [0.2, 0.25) is 0 Å². The van der Waals surface area contributed by atoms with Crippen LogP contribution in [0.1, 0.15) is 6.92 Å². The number of aromatic nitrogens is 4. The van der Waals surface area contributed by atoms with E-state index in [0.717, 1.165) is 0 Å². The van der Waals surface area contributed by atoms with E-state index in [9.17, 15) is 4.79 Å². The van der Waals surface area contributed by atoms with E-state index in [0.29, 0.717) is 23.1 Å². The van der Waals surface area contributed by atoms with Crippen LogP contribution in [0, 0.1) is 0 Å². The van der Waals surface area contributed by atoms with Crippen LogP contribution in [0.25, 0.3) is 5.82 Å². The zero-order valence-electron chi connectivity index (χ0n) is 11.8. The molecule has 3 rings (SSSR count). The van der Waals surface area contributed by atoms with Gasteiger partial charge >= 0.3 is 0 Å². The van der Waals surface area contributed by atoms with Crippen molar-refractivity contribution in [1.29, 1.82) is 0 Å². The molecule has 2 aromatic heterocycles. The van der Waals surface area contributed by atoms with Crippen LogP contribution >= 0.6 is 0 Å². The molecule has 0 fully saturated rings. The van der Waals surface area contributed by atoms with E-state index >= 15 is 0 Å². The Bertz CT molecular complexity index is 752. The quantitative estimate of drug-likeness (QED) is 0.799. The number of carbonyl (C=O) groups is 1. The third-order valence-corrected chi connectivity index (χ3v) is 2.79. The van der Waals surface area contributed by atoms with Gasteiger partial charge in [0, 0.05) is 31.1 Å². The minimum absolute atomic E-state index is 0.116. The highest BCUT2D eigenvalue weighted by atomic mass is 16.5. The lowest BCUT2D eigenvalue weighted by atomic mass is 10.3. The van der Waals surface area contributed by atoms with Gasteiger partial charge in [0.1, 0.15) is 12.1 Å². The Morgan fingerprint density at radius 1 is 1.14 bits per heavy atom. The molecular weight excluding hydrogens is 282 g/mol. The van der Waals surface area contributed by atoms with E-state index in [1.54, 1.807) is 59.7 Å². The van der Waals surface area contributed by atoms with Crippen LogP contribution in [-0.2, 0) is 4.79 Å². The van der Waals surface area contributed by atoms with Gasteiger partial charge in [0.05, 0.1) is 0 Å². The fraction of sp³-hybridized carbons (Fsp3) is 0.0667. The topological polar surface area (TPSA) is 81.9 Å². The Kier molecular flexibility index (Phi) is 3.78. The highest BCUT2D eigenvalue weighted by Gasteiger charge is 2.03. The van der Waals surface area contributed by atoms with E-state index in [1.807, 2.05) is 0 Å². The molecule has 110 valence electrons. The van der Waals surface area contributed by atoms with Gasteiger partial charge in [-0.15, -0.1) is 10.2 Å². The van der Waals surface area contributed by atoms with Crippen molar-refractivity contribution in [1.82, 2.24) is 19.7 Å². The summed E-state index contributed by atoms with van der Waals surface area (Å²) < 4.78 is 7.35. The first-order valence-electron chi connectivity index (χ1n) is 6.58. The van der Waals surface area contributed by atoms with Crippen LogP contribution in [-0.4, -0.2) is 25.7 Å². The monoisotopic (exact) mass is 295 g/mol. The predicted molar refractivity (Wildman–Crippen MR) is 80.0 cm³/mol. The van der Waals surface area contributed by atoms with Gasteiger partial charge in [0.25, 0.3) is 0 Å². The van der Waals surface area contributed by atoms with Gasteiger partial charge in [-0.2, -0.15) is 0 Å². The number of rotatable bonds is 4. The molecule has 1 aromatic carbocycles. The molecule has 0 unspecified atom stereocenters. The van der Waals surface area contributed by atoms with Crippen LogP contribution in [0.4, 0.5) is 5.69 Å². The molecule has 0 atom stereocenters. The number of hydrogen-bond donors (Lipinski definition) is 1. The van der Waals surface area contributed by atoms with Crippen LogP contribution < -0.4 is 10.1 Å². The van der Waals surface area contributed by atoms with Crippen LogP contribution in [0.3, 0.4) is 0 Å². The van der Waals surface area contributed by atoms with Gasteiger partial charge in [-0.25, -0.2) is 4.98 Å². The molecular formula is C15H13N5O2. The van der Waals surface area contributed by atoms with Crippen molar-refractivity contribution in [2.45, 2.75) is 6.92 Å². The van der Waals surface area contributed by atoms with Crippen molar-refractivity contribution in [2.75, 3.05) is 5.32 Å². The summed E-state index contributed by atoms with van der Waals surface area (Å²) in [5.74, 6) is 1.54. The van der Waals surface area contributed by atoms with Crippen LogP contribution in [0.5, 0.6) is 11.6 Å². The highest BCUT2D eigenvalue weighted by Crippen LogP contribution is 2.21. The second-order valence-corrected chi connectivity index (χ2v) is 4.51. The van der Waals surface area contributed by atoms with E-state index in [1.165, 1.54) is 6.92 Å². The number of hydrogen-bond acceptors (Lipinski definition) is 5. The van der Waals surface area contributed by atoms with E-state index in [-0.39, 0.29) is 5.91 Å². The van der Waals surface area contributed by atoms with Crippen molar-refractivity contribution >= 4 is 11.6 Å².